The van der Waals surface area contributed by atoms with Gasteiger partial charge in [-0.15, -0.1) is 0 Å². The number of carbonyl (C=O) groups is 2. The first-order valence-corrected chi connectivity index (χ1v) is 9.12. The molecule has 5 atom stereocenters. The van der Waals surface area contributed by atoms with Gasteiger partial charge in [0.1, 0.15) is 0 Å². The van der Waals surface area contributed by atoms with E-state index in [2.05, 4.69) is 26.0 Å². The summed E-state index contributed by atoms with van der Waals surface area (Å²) in [7, 11) is 0. The second kappa shape index (κ2) is 4.05. The van der Waals surface area contributed by atoms with Gasteiger partial charge in [0.15, 0.2) is 0 Å². The normalized spacial score (nSPS) is 50.9. The van der Waals surface area contributed by atoms with Crippen LogP contribution in [-0.4, -0.2) is 22.8 Å². The zero-order valence-corrected chi connectivity index (χ0v) is 14.0. The lowest BCUT2D eigenvalue weighted by Crippen LogP contribution is -2.55. The van der Waals surface area contributed by atoms with Crippen LogP contribution in [0.4, 0.5) is 0 Å². The van der Waals surface area contributed by atoms with Gasteiger partial charge in [-0.1, -0.05) is 19.9 Å². The van der Waals surface area contributed by atoms with Crippen LogP contribution in [0.5, 0.6) is 0 Å². The van der Waals surface area contributed by atoms with Crippen LogP contribution in [0, 0.1) is 17.3 Å². The Balaban J connectivity index is 1.69. The van der Waals surface area contributed by atoms with Crippen LogP contribution in [0.3, 0.4) is 0 Å². The van der Waals surface area contributed by atoms with Gasteiger partial charge in [-0.25, -0.2) is 0 Å². The van der Waals surface area contributed by atoms with E-state index in [0.29, 0.717) is 29.7 Å². The third-order valence-electron chi connectivity index (χ3n) is 7.95. The first-order chi connectivity index (χ1) is 10.9. The molecule has 0 aromatic carbocycles. The maximum absolute atomic E-state index is 12.4. The molecule has 2 saturated carbocycles. The van der Waals surface area contributed by atoms with E-state index in [4.69, 9.17) is 4.74 Å². The van der Waals surface area contributed by atoms with Gasteiger partial charge >= 0.3 is 0 Å². The highest BCUT2D eigenvalue weighted by Gasteiger charge is 2.66. The number of hydrogen-bond donors (Lipinski definition) is 0. The van der Waals surface area contributed by atoms with Crippen molar-refractivity contribution in [2.75, 3.05) is 0 Å². The van der Waals surface area contributed by atoms with Gasteiger partial charge in [-0.05, 0) is 67.4 Å². The number of hydrogen-bond acceptors (Lipinski definition) is 3. The molecule has 5 unspecified atom stereocenters. The SMILES string of the molecule is CC1CCC2C34CCC5(CCC(=O)C(=O)C5=CC3=CCC12C)O4. The van der Waals surface area contributed by atoms with E-state index in [1.807, 2.05) is 0 Å². The van der Waals surface area contributed by atoms with Gasteiger partial charge in [0.25, 0.3) is 0 Å². The zero-order chi connectivity index (χ0) is 16.0. The smallest absolute Gasteiger partial charge is 0.227 e. The summed E-state index contributed by atoms with van der Waals surface area (Å²) in [6.45, 7) is 4.81. The van der Waals surface area contributed by atoms with Crippen molar-refractivity contribution < 1.29 is 14.3 Å². The Kier molecular flexibility index (Phi) is 2.49. The highest BCUT2D eigenvalue weighted by molar-refractivity contribution is 6.45. The second-order valence-electron chi connectivity index (χ2n) is 8.70. The molecule has 0 radical (unpaired) electrons. The molecule has 0 aromatic heterocycles. The van der Waals surface area contributed by atoms with Gasteiger partial charge < -0.3 is 4.74 Å². The van der Waals surface area contributed by atoms with Crippen LogP contribution in [0.1, 0.15) is 58.8 Å². The maximum atomic E-state index is 12.4. The van der Waals surface area contributed by atoms with Crippen molar-refractivity contribution in [2.45, 2.75) is 70.0 Å². The fourth-order valence-corrected chi connectivity index (χ4v) is 6.34. The maximum Gasteiger partial charge on any atom is 0.227 e. The van der Waals surface area contributed by atoms with Crippen molar-refractivity contribution >= 4 is 11.6 Å². The van der Waals surface area contributed by atoms with E-state index in [1.54, 1.807) is 0 Å². The molecule has 0 N–H and O–H groups in total. The third kappa shape index (κ3) is 1.46. The van der Waals surface area contributed by atoms with E-state index < -0.39 is 5.60 Å². The molecule has 3 fully saturated rings. The molecule has 122 valence electrons. The van der Waals surface area contributed by atoms with Crippen molar-refractivity contribution in [1.29, 1.82) is 0 Å². The van der Waals surface area contributed by atoms with Crippen LogP contribution < -0.4 is 0 Å². The number of carbonyl (C=O) groups excluding carboxylic acids is 2. The Labute approximate surface area is 137 Å². The predicted octanol–water partition coefficient (Wildman–Crippen LogP) is 3.53. The second-order valence-corrected chi connectivity index (χ2v) is 8.70. The topological polar surface area (TPSA) is 43.4 Å². The van der Waals surface area contributed by atoms with Crippen LogP contribution in [-0.2, 0) is 14.3 Å². The van der Waals surface area contributed by atoms with Crippen molar-refractivity contribution in [1.82, 2.24) is 0 Å². The first-order valence-electron chi connectivity index (χ1n) is 9.12. The minimum Gasteiger partial charge on any atom is -0.359 e. The molecule has 2 aliphatic heterocycles. The van der Waals surface area contributed by atoms with Crippen LogP contribution in [0.15, 0.2) is 23.3 Å². The first kappa shape index (κ1) is 14.2. The standard InChI is InChI=1S/C20H24O3/c1-12-3-4-16-18(12,2)7-5-13-11-14-17(22)15(21)6-8-19(14)9-10-20(13,16)23-19/h5,11-12,16H,3-4,6-10H2,1-2H3. The number of Topliss-reactive ketones (excluding diaryl/α,β-unsaturated/α-hetero) is 2. The van der Waals surface area contributed by atoms with Crippen LogP contribution >= 0.6 is 0 Å². The largest absolute Gasteiger partial charge is 0.359 e. The molecule has 3 heteroatoms. The summed E-state index contributed by atoms with van der Waals surface area (Å²) >= 11 is 0. The van der Waals surface area contributed by atoms with Crippen LogP contribution in [0.2, 0.25) is 0 Å². The Hall–Kier alpha value is -1.22. The average Bonchev–Trinajstić information content (AvgIpc) is 3.01. The molecular weight excluding hydrogens is 288 g/mol. The number of ketones is 2. The number of rotatable bonds is 0. The molecule has 2 heterocycles. The molecule has 2 spiro atoms. The number of ether oxygens (including phenoxy) is 1. The van der Waals surface area contributed by atoms with E-state index in [-0.39, 0.29) is 17.2 Å². The van der Waals surface area contributed by atoms with Crippen LogP contribution in [0.25, 0.3) is 0 Å². The molecule has 5 aliphatic rings. The molecule has 3 aliphatic carbocycles. The monoisotopic (exact) mass is 312 g/mol. The Morgan fingerprint density at radius 3 is 2.83 bits per heavy atom. The summed E-state index contributed by atoms with van der Waals surface area (Å²) < 4.78 is 6.82. The zero-order valence-electron chi connectivity index (χ0n) is 14.0. The van der Waals surface area contributed by atoms with Gasteiger partial charge in [0, 0.05) is 12.0 Å². The molecule has 1 saturated heterocycles. The highest BCUT2D eigenvalue weighted by atomic mass is 16.5. The summed E-state index contributed by atoms with van der Waals surface area (Å²) in [6.07, 6.45) is 10.9. The number of allylic oxidation sites excluding steroid dienone is 1. The molecule has 2 bridgehead atoms. The minimum atomic E-state index is -0.466. The Morgan fingerprint density at radius 2 is 2.00 bits per heavy atom. The Morgan fingerprint density at radius 1 is 1.17 bits per heavy atom. The van der Waals surface area contributed by atoms with E-state index >= 15 is 0 Å². The van der Waals surface area contributed by atoms with Crippen molar-refractivity contribution in [3.05, 3.63) is 23.3 Å². The molecule has 3 nitrogen and oxygen atoms in total. The summed E-state index contributed by atoms with van der Waals surface area (Å²) in [4.78, 5) is 24.3. The number of fused-ring (bicyclic) bond motifs is 1. The molecule has 0 amide bonds. The molecular formula is C20H24O3. The van der Waals surface area contributed by atoms with Crippen molar-refractivity contribution in [3.63, 3.8) is 0 Å². The quantitative estimate of drug-likeness (QED) is 0.643. The fourth-order valence-electron chi connectivity index (χ4n) is 6.34. The van der Waals surface area contributed by atoms with E-state index in [1.165, 1.54) is 18.4 Å². The van der Waals surface area contributed by atoms with Crippen molar-refractivity contribution in [3.8, 4) is 0 Å². The summed E-state index contributed by atoms with van der Waals surface area (Å²) in [5.74, 6) is 0.746. The Bertz CT molecular complexity index is 702. The minimum absolute atomic E-state index is 0.193. The van der Waals surface area contributed by atoms with Gasteiger partial charge in [-0.2, -0.15) is 0 Å². The van der Waals surface area contributed by atoms with Gasteiger partial charge in [0.05, 0.1) is 11.2 Å². The van der Waals surface area contributed by atoms with Crippen molar-refractivity contribution in [2.24, 2.45) is 17.3 Å². The summed E-state index contributed by atoms with van der Waals surface area (Å²) in [6, 6.07) is 0. The fraction of sp³-hybridized carbons (Fsp3) is 0.700. The predicted molar refractivity (Wildman–Crippen MR) is 85.8 cm³/mol. The van der Waals surface area contributed by atoms with E-state index in [0.717, 1.165) is 25.2 Å². The lowest BCUT2D eigenvalue weighted by Gasteiger charge is -2.53. The van der Waals surface area contributed by atoms with E-state index in [9.17, 15) is 9.59 Å². The third-order valence-corrected chi connectivity index (χ3v) is 7.95. The molecule has 23 heavy (non-hydrogen) atoms. The summed E-state index contributed by atoms with van der Waals surface area (Å²) in [5.41, 5.74) is 1.51. The average molecular weight is 312 g/mol. The lowest BCUT2D eigenvalue weighted by atomic mass is 9.59. The lowest BCUT2D eigenvalue weighted by molar-refractivity contribution is -0.153. The van der Waals surface area contributed by atoms with Gasteiger partial charge in [0.2, 0.25) is 11.6 Å². The molecule has 5 rings (SSSR count). The molecule has 0 aromatic rings. The summed E-state index contributed by atoms with van der Waals surface area (Å²) in [5, 5.41) is 0. The van der Waals surface area contributed by atoms with Gasteiger partial charge in [-0.3, -0.25) is 9.59 Å². The highest BCUT2D eigenvalue weighted by Crippen LogP contribution is 2.67.